The van der Waals surface area contributed by atoms with Crippen LogP contribution in [0.3, 0.4) is 0 Å². The van der Waals surface area contributed by atoms with Gasteiger partial charge in [-0.15, -0.1) is 0 Å². The Hall–Kier alpha value is -1.39. The van der Waals surface area contributed by atoms with E-state index in [4.69, 9.17) is 0 Å². The van der Waals surface area contributed by atoms with Crippen LogP contribution >= 0.6 is 0 Å². The Morgan fingerprint density at radius 2 is 1.88 bits per heavy atom. The lowest BCUT2D eigenvalue weighted by molar-refractivity contribution is -0.137. The summed E-state index contributed by atoms with van der Waals surface area (Å²) in [6.45, 7) is 0. The number of alkyl halides is 3. The molecule has 1 aromatic carbocycles. The predicted molar refractivity (Wildman–Crippen MR) is 48.4 cm³/mol. The Labute approximate surface area is 89.1 Å². The number of rotatable bonds is 2. The van der Waals surface area contributed by atoms with Gasteiger partial charge in [-0.25, -0.2) is 4.39 Å². The van der Waals surface area contributed by atoms with Gasteiger partial charge in [-0.3, -0.25) is 0 Å². The van der Waals surface area contributed by atoms with Crippen LogP contribution in [0.15, 0.2) is 18.2 Å². The molecule has 0 aromatic heterocycles. The number of halogens is 4. The van der Waals surface area contributed by atoms with E-state index >= 15 is 0 Å². The van der Waals surface area contributed by atoms with E-state index in [0.717, 1.165) is 12.1 Å². The Morgan fingerprint density at radius 3 is 2.31 bits per heavy atom. The van der Waals surface area contributed by atoms with Crippen molar-refractivity contribution >= 4 is 6.29 Å². The van der Waals surface area contributed by atoms with Crippen molar-refractivity contribution in [2.45, 2.75) is 24.4 Å². The molecule has 16 heavy (non-hydrogen) atoms. The van der Waals surface area contributed by atoms with Crippen LogP contribution in [0.5, 0.6) is 0 Å². The zero-order chi connectivity index (χ0) is 12.0. The van der Waals surface area contributed by atoms with E-state index in [1.807, 2.05) is 0 Å². The fraction of sp³-hybridized carbons (Fsp3) is 0.364. The number of carbonyl (C=O) groups is 1. The molecule has 0 saturated heterocycles. The largest absolute Gasteiger partial charge is 0.416 e. The topological polar surface area (TPSA) is 17.1 Å². The van der Waals surface area contributed by atoms with E-state index in [9.17, 15) is 22.4 Å². The van der Waals surface area contributed by atoms with Gasteiger partial charge in [-0.2, -0.15) is 13.2 Å². The van der Waals surface area contributed by atoms with Crippen LogP contribution in [0.1, 0.15) is 24.0 Å². The van der Waals surface area contributed by atoms with Crippen LogP contribution in [-0.2, 0) is 16.4 Å². The second-order valence-electron chi connectivity index (χ2n) is 3.97. The fourth-order valence-electron chi connectivity index (χ4n) is 1.67. The summed E-state index contributed by atoms with van der Waals surface area (Å²) >= 11 is 0. The van der Waals surface area contributed by atoms with Gasteiger partial charge in [0.1, 0.15) is 12.1 Å². The van der Waals surface area contributed by atoms with Gasteiger partial charge in [0.15, 0.2) is 0 Å². The highest BCUT2D eigenvalue weighted by Crippen LogP contribution is 2.48. The van der Waals surface area contributed by atoms with Gasteiger partial charge in [0.2, 0.25) is 0 Å². The van der Waals surface area contributed by atoms with Crippen molar-refractivity contribution in [2.24, 2.45) is 0 Å². The second-order valence-corrected chi connectivity index (χ2v) is 3.97. The summed E-state index contributed by atoms with van der Waals surface area (Å²) in [6, 6.07) is 2.18. The summed E-state index contributed by atoms with van der Waals surface area (Å²) in [7, 11) is 0. The molecule has 0 N–H and O–H groups in total. The monoisotopic (exact) mass is 232 g/mol. The normalized spacial score (nSPS) is 18.2. The molecule has 5 heteroatoms. The van der Waals surface area contributed by atoms with Gasteiger partial charge in [0.05, 0.1) is 11.0 Å². The molecule has 1 aromatic rings. The summed E-state index contributed by atoms with van der Waals surface area (Å²) in [4.78, 5) is 10.8. The Morgan fingerprint density at radius 1 is 1.25 bits per heavy atom. The van der Waals surface area contributed by atoms with Gasteiger partial charge < -0.3 is 4.79 Å². The average Bonchev–Trinajstić information content (AvgIpc) is 2.97. The van der Waals surface area contributed by atoms with E-state index < -0.39 is 23.0 Å². The lowest BCUT2D eigenvalue weighted by atomic mass is 9.95. The SMILES string of the molecule is O=CC1(c2cc(C(F)(F)F)ccc2F)CC1. The highest BCUT2D eigenvalue weighted by molar-refractivity contribution is 5.73. The number of carbonyl (C=O) groups excluding carboxylic acids is 1. The number of hydrogen-bond acceptors (Lipinski definition) is 1. The number of aldehydes is 1. The predicted octanol–water partition coefficient (Wildman–Crippen LogP) is 3.08. The van der Waals surface area contributed by atoms with Crippen molar-refractivity contribution in [1.29, 1.82) is 0 Å². The molecule has 0 amide bonds. The summed E-state index contributed by atoms with van der Waals surface area (Å²) in [5.74, 6) is -0.752. The maximum Gasteiger partial charge on any atom is 0.416 e. The molecule has 0 unspecified atom stereocenters. The quantitative estimate of drug-likeness (QED) is 0.565. The van der Waals surface area contributed by atoms with E-state index in [1.165, 1.54) is 0 Å². The standard InChI is InChI=1S/C11H8F4O/c12-9-2-1-7(11(13,14)15)5-8(9)10(6-16)3-4-10/h1-2,5-6H,3-4H2. The molecule has 0 atom stereocenters. The number of benzene rings is 1. The third-order valence-corrected chi connectivity index (χ3v) is 2.84. The van der Waals surface area contributed by atoms with Gasteiger partial charge in [0, 0.05) is 5.56 Å². The lowest BCUT2D eigenvalue weighted by Crippen LogP contribution is -2.13. The molecule has 0 heterocycles. The van der Waals surface area contributed by atoms with Crippen molar-refractivity contribution in [2.75, 3.05) is 0 Å². The molecule has 1 aliphatic rings. The van der Waals surface area contributed by atoms with Crippen LogP contribution in [0.2, 0.25) is 0 Å². The summed E-state index contributed by atoms with van der Waals surface area (Å²) in [5.41, 5.74) is -2.08. The fourth-order valence-corrected chi connectivity index (χ4v) is 1.67. The molecular formula is C11H8F4O. The van der Waals surface area contributed by atoms with E-state index in [2.05, 4.69) is 0 Å². The third kappa shape index (κ3) is 1.70. The molecule has 0 spiro atoms. The maximum absolute atomic E-state index is 13.4. The zero-order valence-corrected chi connectivity index (χ0v) is 8.14. The van der Waals surface area contributed by atoms with Crippen LogP contribution < -0.4 is 0 Å². The van der Waals surface area contributed by atoms with Crippen LogP contribution in [0.4, 0.5) is 17.6 Å². The van der Waals surface area contributed by atoms with Crippen LogP contribution in [0.25, 0.3) is 0 Å². The van der Waals surface area contributed by atoms with E-state index in [1.54, 1.807) is 0 Å². The lowest BCUT2D eigenvalue weighted by Gasteiger charge is -2.13. The number of hydrogen-bond donors (Lipinski definition) is 0. The molecule has 1 aliphatic carbocycles. The second kappa shape index (κ2) is 3.30. The van der Waals surface area contributed by atoms with Crippen molar-refractivity contribution < 1.29 is 22.4 Å². The molecule has 1 fully saturated rings. The molecule has 0 bridgehead atoms. The minimum Gasteiger partial charge on any atom is -0.302 e. The third-order valence-electron chi connectivity index (χ3n) is 2.84. The first kappa shape index (κ1) is 11.1. The average molecular weight is 232 g/mol. The van der Waals surface area contributed by atoms with Gasteiger partial charge in [-0.05, 0) is 31.0 Å². The van der Waals surface area contributed by atoms with Crippen molar-refractivity contribution in [3.63, 3.8) is 0 Å². The van der Waals surface area contributed by atoms with Crippen molar-refractivity contribution in [3.05, 3.63) is 35.1 Å². The summed E-state index contributed by atoms with van der Waals surface area (Å²) < 4.78 is 50.6. The van der Waals surface area contributed by atoms with E-state index in [-0.39, 0.29) is 5.56 Å². The van der Waals surface area contributed by atoms with Gasteiger partial charge in [-0.1, -0.05) is 0 Å². The first-order valence-corrected chi connectivity index (χ1v) is 4.73. The molecular weight excluding hydrogens is 224 g/mol. The molecule has 1 saturated carbocycles. The molecule has 0 radical (unpaired) electrons. The highest BCUT2D eigenvalue weighted by Gasteiger charge is 2.47. The smallest absolute Gasteiger partial charge is 0.302 e. The van der Waals surface area contributed by atoms with Gasteiger partial charge in [0.25, 0.3) is 0 Å². The molecule has 2 rings (SSSR count). The van der Waals surface area contributed by atoms with Gasteiger partial charge >= 0.3 is 6.18 Å². The molecule has 0 aliphatic heterocycles. The maximum atomic E-state index is 13.4. The van der Waals surface area contributed by atoms with Crippen LogP contribution in [-0.4, -0.2) is 6.29 Å². The Kier molecular flexibility index (Phi) is 2.29. The van der Waals surface area contributed by atoms with Crippen molar-refractivity contribution in [3.8, 4) is 0 Å². The minimum absolute atomic E-state index is 0.141. The highest BCUT2D eigenvalue weighted by atomic mass is 19.4. The Bertz CT molecular complexity index is 432. The first-order chi connectivity index (χ1) is 7.39. The van der Waals surface area contributed by atoms with Crippen molar-refractivity contribution in [1.82, 2.24) is 0 Å². The minimum atomic E-state index is -4.51. The molecule has 86 valence electrons. The van der Waals surface area contributed by atoms with Crippen LogP contribution in [0, 0.1) is 5.82 Å². The molecule has 1 nitrogen and oxygen atoms in total. The Balaban J connectivity index is 2.50. The first-order valence-electron chi connectivity index (χ1n) is 4.73. The van der Waals surface area contributed by atoms with E-state index in [0.29, 0.717) is 25.2 Å². The summed E-state index contributed by atoms with van der Waals surface area (Å²) in [6.07, 6.45) is -3.16. The summed E-state index contributed by atoms with van der Waals surface area (Å²) in [5, 5.41) is 0. The zero-order valence-electron chi connectivity index (χ0n) is 8.14.